The summed E-state index contributed by atoms with van der Waals surface area (Å²) in [5.41, 5.74) is 0. The fraction of sp³-hybridized carbons (Fsp3) is 0.500. The predicted molar refractivity (Wildman–Crippen MR) is 64.7 cm³/mol. The number of anilines is 1. The lowest BCUT2D eigenvalue weighted by Gasteiger charge is -2.17. The van der Waals surface area contributed by atoms with Crippen LogP contribution in [0, 0.1) is 0 Å². The Morgan fingerprint density at radius 1 is 1.56 bits per heavy atom. The lowest BCUT2D eigenvalue weighted by Crippen LogP contribution is -2.26. The Hall–Kier alpha value is -0.810. The molecular weight excluding hydrogens is 248 g/mol. The lowest BCUT2D eigenvalue weighted by molar-refractivity contribution is 0.589. The molecule has 2 rings (SSSR count). The SMILES string of the molecule is CS(=O)(=O)C1CCN(c2ncccc2Cl)C1. The van der Waals surface area contributed by atoms with Gasteiger partial charge in [-0.2, -0.15) is 0 Å². The average molecular weight is 261 g/mol. The molecule has 1 saturated heterocycles. The smallest absolute Gasteiger partial charge is 0.152 e. The van der Waals surface area contributed by atoms with Crippen molar-refractivity contribution >= 4 is 27.3 Å². The monoisotopic (exact) mass is 260 g/mol. The van der Waals surface area contributed by atoms with E-state index in [0.29, 0.717) is 30.4 Å². The third-order valence-electron chi connectivity index (χ3n) is 2.79. The number of hydrogen-bond acceptors (Lipinski definition) is 4. The molecule has 0 saturated carbocycles. The highest BCUT2D eigenvalue weighted by Crippen LogP contribution is 2.27. The summed E-state index contributed by atoms with van der Waals surface area (Å²) in [6, 6.07) is 3.52. The van der Waals surface area contributed by atoms with Crippen molar-refractivity contribution in [1.82, 2.24) is 4.98 Å². The van der Waals surface area contributed by atoms with E-state index in [1.54, 1.807) is 18.3 Å². The van der Waals surface area contributed by atoms with Crippen LogP contribution < -0.4 is 4.90 Å². The summed E-state index contributed by atoms with van der Waals surface area (Å²) >= 11 is 6.01. The number of pyridine rings is 1. The highest BCUT2D eigenvalue weighted by molar-refractivity contribution is 7.91. The van der Waals surface area contributed by atoms with E-state index in [9.17, 15) is 8.42 Å². The van der Waals surface area contributed by atoms with Gasteiger partial charge in [0, 0.05) is 25.5 Å². The molecule has 0 aromatic carbocycles. The summed E-state index contributed by atoms with van der Waals surface area (Å²) in [6.07, 6.45) is 3.59. The summed E-state index contributed by atoms with van der Waals surface area (Å²) in [7, 11) is -2.97. The quantitative estimate of drug-likeness (QED) is 0.806. The van der Waals surface area contributed by atoms with E-state index >= 15 is 0 Å². The molecule has 1 aliphatic heterocycles. The number of sulfone groups is 1. The van der Waals surface area contributed by atoms with E-state index in [2.05, 4.69) is 4.98 Å². The Morgan fingerprint density at radius 2 is 2.31 bits per heavy atom. The zero-order valence-corrected chi connectivity index (χ0v) is 10.5. The van der Waals surface area contributed by atoms with E-state index < -0.39 is 9.84 Å². The van der Waals surface area contributed by atoms with Crippen molar-refractivity contribution < 1.29 is 8.42 Å². The van der Waals surface area contributed by atoms with Gasteiger partial charge in [-0.25, -0.2) is 13.4 Å². The number of rotatable bonds is 2. The normalized spacial score (nSPS) is 21.4. The van der Waals surface area contributed by atoms with Crippen LogP contribution in [0.4, 0.5) is 5.82 Å². The second-order valence-corrected chi connectivity index (χ2v) is 6.73. The Bertz CT molecular complexity index is 489. The molecule has 6 heteroatoms. The van der Waals surface area contributed by atoms with Gasteiger partial charge in [0.05, 0.1) is 10.3 Å². The average Bonchev–Trinajstić information content (AvgIpc) is 2.66. The molecule has 0 radical (unpaired) electrons. The molecule has 1 aliphatic rings. The molecule has 0 amide bonds. The fourth-order valence-electron chi connectivity index (χ4n) is 1.88. The summed E-state index contributed by atoms with van der Waals surface area (Å²) in [5.74, 6) is 0.676. The summed E-state index contributed by atoms with van der Waals surface area (Å²) in [6.45, 7) is 1.17. The maximum Gasteiger partial charge on any atom is 0.152 e. The maximum atomic E-state index is 11.4. The Balaban J connectivity index is 2.19. The van der Waals surface area contributed by atoms with Crippen molar-refractivity contribution in [2.45, 2.75) is 11.7 Å². The number of aromatic nitrogens is 1. The van der Waals surface area contributed by atoms with Crippen LogP contribution in [-0.2, 0) is 9.84 Å². The lowest BCUT2D eigenvalue weighted by atomic mass is 10.4. The maximum absolute atomic E-state index is 11.4. The zero-order chi connectivity index (χ0) is 11.8. The highest BCUT2D eigenvalue weighted by Gasteiger charge is 2.31. The van der Waals surface area contributed by atoms with Gasteiger partial charge >= 0.3 is 0 Å². The van der Waals surface area contributed by atoms with Crippen LogP contribution >= 0.6 is 11.6 Å². The van der Waals surface area contributed by atoms with E-state index in [0.717, 1.165) is 0 Å². The van der Waals surface area contributed by atoms with Crippen LogP contribution in [-0.4, -0.2) is 38.0 Å². The summed E-state index contributed by atoms with van der Waals surface area (Å²) < 4.78 is 22.8. The zero-order valence-electron chi connectivity index (χ0n) is 8.93. The molecule has 2 heterocycles. The standard InChI is InChI=1S/C10H13ClN2O2S/c1-16(14,15)8-4-6-13(7-8)10-9(11)3-2-5-12-10/h2-3,5,8H,4,6-7H2,1H3. The van der Waals surface area contributed by atoms with Gasteiger partial charge in [0.25, 0.3) is 0 Å². The van der Waals surface area contributed by atoms with Crippen LogP contribution in [0.25, 0.3) is 0 Å². The third-order valence-corrected chi connectivity index (χ3v) is 4.68. The van der Waals surface area contributed by atoms with Crippen molar-refractivity contribution in [3.63, 3.8) is 0 Å². The molecule has 1 aromatic heterocycles. The Labute approximate surface area is 100 Å². The second-order valence-electron chi connectivity index (χ2n) is 4.00. The van der Waals surface area contributed by atoms with Gasteiger partial charge in [0.2, 0.25) is 0 Å². The van der Waals surface area contributed by atoms with Crippen molar-refractivity contribution in [3.8, 4) is 0 Å². The van der Waals surface area contributed by atoms with E-state index in [1.165, 1.54) is 6.26 Å². The molecule has 0 bridgehead atoms. The second kappa shape index (κ2) is 4.22. The summed E-state index contributed by atoms with van der Waals surface area (Å²) in [4.78, 5) is 6.10. The topological polar surface area (TPSA) is 50.3 Å². The molecule has 1 atom stereocenters. The third kappa shape index (κ3) is 2.30. The van der Waals surface area contributed by atoms with Gasteiger partial charge < -0.3 is 4.90 Å². The first-order valence-electron chi connectivity index (χ1n) is 5.03. The minimum Gasteiger partial charge on any atom is -0.354 e. The van der Waals surface area contributed by atoms with Crippen LogP contribution in [0.1, 0.15) is 6.42 Å². The van der Waals surface area contributed by atoms with Crippen molar-refractivity contribution in [2.75, 3.05) is 24.2 Å². The molecule has 88 valence electrons. The van der Waals surface area contributed by atoms with Gasteiger partial charge in [-0.1, -0.05) is 11.6 Å². The van der Waals surface area contributed by atoms with Gasteiger partial charge in [0.1, 0.15) is 5.82 Å². The molecule has 1 aromatic rings. The molecule has 1 unspecified atom stereocenters. The molecule has 4 nitrogen and oxygen atoms in total. The first kappa shape index (κ1) is 11.7. The molecular formula is C10H13ClN2O2S. The van der Waals surface area contributed by atoms with Gasteiger partial charge in [-0.3, -0.25) is 0 Å². The predicted octanol–water partition coefficient (Wildman–Crippen LogP) is 1.36. The van der Waals surface area contributed by atoms with Gasteiger partial charge in [-0.05, 0) is 18.6 Å². The van der Waals surface area contributed by atoms with Crippen LogP contribution in [0.3, 0.4) is 0 Å². The van der Waals surface area contributed by atoms with Gasteiger partial charge in [-0.15, -0.1) is 0 Å². The van der Waals surface area contributed by atoms with E-state index in [1.807, 2.05) is 4.90 Å². The van der Waals surface area contributed by atoms with E-state index in [4.69, 9.17) is 11.6 Å². The van der Waals surface area contributed by atoms with Gasteiger partial charge in [0.15, 0.2) is 9.84 Å². The van der Waals surface area contributed by atoms with Crippen LogP contribution in [0.2, 0.25) is 5.02 Å². The Kier molecular flexibility index (Phi) is 3.08. The van der Waals surface area contributed by atoms with Crippen LogP contribution in [0.5, 0.6) is 0 Å². The molecule has 0 spiro atoms. The number of halogens is 1. The Morgan fingerprint density at radius 3 is 2.88 bits per heavy atom. The van der Waals surface area contributed by atoms with Crippen molar-refractivity contribution in [2.24, 2.45) is 0 Å². The highest BCUT2D eigenvalue weighted by atomic mass is 35.5. The first-order chi connectivity index (χ1) is 7.48. The van der Waals surface area contributed by atoms with E-state index in [-0.39, 0.29) is 5.25 Å². The molecule has 1 fully saturated rings. The minimum atomic E-state index is -2.97. The molecule has 16 heavy (non-hydrogen) atoms. The largest absolute Gasteiger partial charge is 0.354 e. The fourth-order valence-corrected chi connectivity index (χ4v) is 3.11. The van der Waals surface area contributed by atoms with Crippen molar-refractivity contribution in [3.05, 3.63) is 23.4 Å². The van der Waals surface area contributed by atoms with Crippen molar-refractivity contribution in [1.29, 1.82) is 0 Å². The minimum absolute atomic E-state index is 0.300. The number of nitrogens with zero attached hydrogens (tertiary/aromatic N) is 2. The number of hydrogen-bond donors (Lipinski definition) is 0. The first-order valence-corrected chi connectivity index (χ1v) is 7.36. The molecule has 0 N–H and O–H groups in total. The molecule has 0 aliphatic carbocycles. The summed E-state index contributed by atoms with van der Waals surface area (Å²) in [5, 5.41) is 0.266. The van der Waals surface area contributed by atoms with Crippen LogP contribution in [0.15, 0.2) is 18.3 Å².